The average Bonchev–Trinajstić information content (AvgIpc) is 3.01. The van der Waals surface area contributed by atoms with Gasteiger partial charge in [0.2, 0.25) is 0 Å². The summed E-state index contributed by atoms with van der Waals surface area (Å²) in [5, 5.41) is 18.0. The molecule has 0 fully saturated rings. The number of ketones is 1. The third-order valence-corrected chi connectivity index (χ3v) is 3.39. The SMILES string of the molecule is Cc1ccccc1N=NC(=CO)C(=O)c1cc2ccccc2o1. The molecule has 1 N–H and O–H groups in total. The lowest BCUT2D eigenvalue weighted by Gasteiger charge is -1.98. The van der Waals surface area contributed by atoms with E-state index in [0.29, 0.717) is 17.5 Å². The zero-order valence-corrected chi connectivity index (χ0v) is 12.4. The van der Waals surface area contributed by atoms with Gasteiger partial charge in [0.1, 0.15) is 11.8 Å². The quantitative estimate of drug-likeness (QED) is 0.315. The van der Waals surface area contributed by atoms with E-state index in [-0.39, 0.29) is 11.5 Å². The fourth-order valence-electron chi connectivity index (χ4n) is 2.13. The highest BCUT2D eigenvalue weighted by molar-refractivity contribution is 6.08. The molecule has 0 unspecified atom stereocenters. The van der Waals surface area contributed by atoms with Crippen molar-refractivity contribution >= 4 is 22.4 Å². The molecule has 0 saturated heterocycles. The van der Waals surface area contributed by atoms with Crippen molar-refractivity contribution in [1.82, 2.24) is 0 Å². The van der Waals surface area contributed by atoms with Crippen LogP contribution in [0.3, 0.4) is 0 Å². The maximum Gasteiger partial charge on any atom is 0.251 e. The predicted molar refractivity (Wildman–Crippen MR) is 87.0 cm³/mol. The number of aryl methyl sites for hydroxylation is 1. The van der Waals surface area contributed by atoms with Gasteiger partial charge in [0, 0.05) is 5.39 Å². The van der Waals surface area contributed by atoms with Crippen molar-refractivity contribution in [2.24, 2.45) is 10.2 Å². The summed E-state index contributed by atoms with van der Waals surface area (Å²) in [6, 6.07) is 16.3. The zero-order chi connectivity index (χ0) is 16.2. The van der Waals surface area contributed by atoms with Crippen LogP contribution in [0.1, 0.15) is 16.1 Å². The number of aliphatic hydroxyl groups excluding tert-OH is 1. The molecule has 0 saturated carbocycles. The van der Waals surface area contributed by atoms with Crippen molar-refractivity contribution in [2.75, 3.05) is 0 Å². The molecule has 5 heteroatoms. The van der Waals surface area contributed by atoms with E-state index in [1.54, 1.807) is 18.2 Å². The number of hydrogen-bond acceptors (Lipinski definition) is 5. The van der Waals surface area contributed by atoms with Crippen molar-refractivity contribution in [3.05, 3.63) is 77.9 Å². The second-order valence-corrected chi connectivity index (χ2v) is 4.98. The van der Waals surface area contributed by atoms with Gasteiger partial charge in [0.05, 0.1) is 5.69 Å². The van der Waals surface area contributed by atoms with E-state index >= 15 is 0 Å². The number of hydrogen-bond donors (Lipinski definition) is 1. The smallest absolute Gasteiger partial charge is 0.251 e. The molecule has 3 aromatic rings. The summed E-state index contributed by atoms with van der Waals surface area (Å²) in [5.41, 5.74) is 1.96. The summed E-state index contributed by atoms with van der Waals surface area (Å²) in [7, 11) is 0. The van der Waals surface area contributed by atoms with E-state index in [1.165, 1.54) is 0 Å². The minimum Gasteiger partial charge on any atom is -0.513 e. The number of allylic oxidation sites excluding steroid dienone is 1. The highest BCUT2D eigenvalue weighted by atomic mass is 16.3. The van der Waals surface area contributed by atoms with E-state index in [2.05, 4.69) is 10.2 Å². The molecule has 23 heavy (non-hydrogen) atoms. The Kier molecular flexibility index (Phi) is 4.01. The van der Waals surface area contributed by atoms with Crippen LogP contribution in [0.4, 0.5) is 5.69 Å². The summed E-state index contributed by atoms with van der Waals surface area (Å²) in [5.74, 6) is -0.420. The molecule has 0 radical (unpaired) electrons. The number of para-hydroxylation sites is 1. The maximum atomic E-state index is 12.4. The van der Waals surface area contributed by atoms with Crippen molar-refractivity contribution in [3.63, 3.8) is 0 Å². The van der Waals surface area contributed by atoms with Crippen LogP contribution < -0.4 is 0 Å². The average molecular weight is 306 g/mol. The molecule has 0 amide bonds. The lowest BCUT2D eigenvalue weighted by atomic mass is 10.2. The number of benzene rings is 2. The Balaban J connectivity index is 1.89. The van der Waals surface area contributed by atoms with Crippen LogP contribution in [0, 0.1) is 6.92 Å². The van der Waals surface area contributed by atoms with Gasteiger partial charge in [-0.1, -0.05) is 36.4 Å². The molecule has 0 aliphatic rings. The van der Waals surface area contributed by atoms with Crippen LogP contribution in [-0.2, 0) is 0 Å². The lowest BCUT2D eigenvalue weighted by Crippen LogP contribution is -1.99. The molecule has 5 nitrogen and oxygen atoms in total. The molecule has 114 valence electrons. The summed E-state index contributed by atoms with van der Waals surface area (Å²) in [6.45, 7) is 1.89. The van der Waals surface area contributed by atoms with Crippen LogP contribution in [0.25, 0.3) is 11.0 Å². The Labute approximate surface area is 132 Å². The van der Waals surface area contributed by atoms with E-state index in [1.807, 2.05) is 43.3 Å². The molecule has 0 aliphatic carbocycles. The monoisotopic (exact) mass is 306 g/mol. The van der Waals surface area contributed by atoms with Gasteiger partial charge in [0.15, 0.2) is 11.5 Å². The summed E-state index contributed by atoms with van der Waals surface area (Å²) in [6.07, 6.45) is 0.636. The molecular weight excluding hydrogens is 292 g/mol. The number of carbonyl (C=O) groups excluding carboxylic acids is 1. The van der Waals surface area contributed by atoms with Gasteiger partial charge in [0.25, 0.3) is 5.78 Å². The minimum absolute atomic E-state index is 0.107. The first kappa shape index (κ1) is 14.7. The Hall–Kier alpha value is -3.21. The number of furan rings is 1. The first-order valence-corrected chi connectivity index (χ1v) is 7.04. The first-order chi connectivity index (χ1) is 11.2. The molecular formula is C18H14N2O3. The summed E-state index contributed by atoms with van der Waals surface area (Å²) < 4.78 is 5.49. The first-order valence-electron chi connectivity index (χ1n) is 7.04. The summed E-state index contributed by atoms with van der Waals surface area (Å²) in [4.78, 5) is 12.4. The highest BCUT2D eigenvalue weighted by Gasteiger charge is 2.17. The van der Waals surface area contributed by atoms with Gasteiger partial charge < -0.3 is 9.52 Å². The van der Waals surface area contributed by atoms with Gasteiger partial charge in [-0.15, -0.1) is 5.11 Å². The molecule has 0 bridgehead atoms. The molecule has 0 spiro atoms. The second kappa shape index (κ2) is 6.27. The van der Waals surface area contributed by atoms with Gasteiger partial charge in [-0.2, -0.15) is 5.11 Å². The normalized spacial score (nSPS) is 12.1. The van der Waals surface area contributed by atoms with Crippen molar-refractivity contribution in [3.8, 4) is 0 Å². The van der Waals surface area contributed by atoms with Crippen molar-refractivity contribution < 1.29 is 14.3 Å². The Morgan fingerprint density at radius 3 is 2.61 bits per heavy atom. The number of azo groups is 1. The van der Waals surface area contributed by atoms with Crippen LogP contribution in [-0.4, -0.2) is 10.9 Å². The van der Waals surface area contributed by atoms with Crippen molar-refractivity contribution in [1.29, 1.82) is 0 Å². The fourth-order valence-corrected chi connectivity index (χ4v) is 2.13. The maximum absolute atomic E-state index is 12.4. The van der Waals surface area contributed by atoms with Crippen LogP contribution in [0.5, 0.6) is 0 Å². The number of fused-ring (bicyclic) bond motifs is 1. The number of Topliss-reactive ketones (excluding diaryl/α,β-unsaturated/α-hetero) is 1. The minimum atomic E-state index is -0.527. The molecule has 0 atom stereocenters. The second-order valence-electron chi connectivity index (χ2n) is 4.98. The molecule has 3 rings (SSSR count). The molecule has 0 aliphatic heterocycles. The topological polar surface area (TPSA) is 75.2 Å². The largest absolute Gasteiger partial charge is 0.513 e. The Morgan fingerprint density at radius 1 is 1.13 bits per heavy atom. The third-order valence-electron chi connectivity index (χ3n) is 3.39. The third kappa shape index (κ3) is 3.03. The fraction of sp³-hybridized carbons (Fsp3) is 0.0556. The summed E-state index contributed by atoms with van der Waals surface area (Å²) >= 11 is 0. The molecule has 1 heterocycles. The number of carbonyl (C=O) groups is 1. The van der Waals surface area contributed by atoms with Crippen LogP contribution in [0.15, 0.2) is 81.2 Å². The Bertz CT molecular complexity index is 890. The number of aliphatic hydroxyl groups is 1. The van der Waals surface area contributed by atoms with E-state index in [0.717, 1.165) is 10.9 Å². The zero-order valence-electron chi connectivity index (χ0n) is 12.4. The molecule has 2 aromatic carbocycles. The van der Waals surface area contributed by atoms with Gasteiger partial charge >= 0.3 is 0 Å². The van der Waals surface area contributed by atoms with Crippen LogP contribution >= 0.6 is 0 Å². The van der Waals surface area contributed by atoms with Gasteiger partial charge in [-0.05, 0) is 30.7 Å². The number of nitrogens with zero attached hydrogens (tertiary/aromatic N) is 2. The van der Waals surface area contributed by atoms with Crippen LogP contribution in [0.2, 0.25) is 0 Å². The Morgan fingerprint density at radius 2 is 1.87 bits per heavy atom. The van der Waals surface area contributed by atoms with E-state index in [9.17, 15) is 9.90 Å². The predicted octanol–water partition coefficient (Wildman–Crippen LogP) is 5.11. The van der Waals surface area contributed by atoms with E-state index in [4.69, 9.17) is 4.42 Å². The lowest BCUT2D eigenvalue weighted by molar-refractivity contribution is 0.100. The highest BCUT2D eigenvalue weighted by Crippen LogP contribution is 2.23. The molecule has 1 aromatic heterocycles. The van der Waals surface area contributed by atoms with E-state index < -0.39 is 5.78 Å². The van der Waals surface area contributed by atoms with Gasteiger partial charge in [-0.25, -0.2) is 0 Å². The van der Waals surface area contributed by atoms with Crippen molar-refractivity contribution in [2.45, 2.75) is 6.92 Å². The van der Waals surface area contributed by atoms with Gasteiger partial charge in [-0.3, -0.25) is 4.79 Å². The number of rotatable bonds is 4. The standard InChI is InChI=1S/C18H14N2O3/c1-12-6-2-4-8-14(12)19-20-15(11-21)18(22)17-10-13-7-3-5-9-16(13)23-17/h2-11,21H,1H3.